The quantitative estimate of drug-likeness (QED) is 0.809. The topological polar surface area (TPSA) is 60.2 Å². The van der Waals surface area contributed by atoms with E-state index in [2.05, 4.69) is 0 Å². The molecule has 0 aliphatic heterocycles. The zero-order chi connectivity index (χ0) is 12.7. The van der Waals surface area contributed by atoms with Gasteiger partial charge in [-0.15, -0.1) is 0 Å². The fourth-order valence-corrected chi connectivity index (χ4v) is 2.27. The van der Waals surface area contributed by atoms with Gasteiger partial charge in [0, 0.05) is 10.0 Å². The lowest BCUT2D eigenvalue weighted by atomic mass is 9.94. The summed E-state index contributed by atoms with van der Waals surface area (Å²) in [4.78, 5) is 23.6. The zero-order valence-electron chi connectivity index (χ0n) is 8.34. The molecule has 88 valence electrons. The molecule has 1 aromatic rings. The van der Waals surface area contributed by atoms with E-state index < -0.39 is 17.5 Å². The van der Waals surface area contributed by atoms with Crippen LogP contribution in [0.2, 0.25) is 10.0 Å². The monoisotopic (exact) mass is 289 g/mol. The standard InChI is InChI=1S/C11H6Cl3NO2/c12-4-1-2-6(13)5(3-4)7-10(16)8(14)9(15)11(7)17/h1-3,7H,15H2. The lowest BCUT2D eigenvalue weighted by molar-refractivity contribution is -0.123. The van der Waals surface area contributed by atoms with Crippen LogP contribution in [-0.4, -0.2) is 11.6 Å². The van der Waals surface area contributed by atoms with Gasteiger partial charge in [0.25, 0.3) is 0 Å². The van der Waals surface area contributed by atoms with Crippen molar-refractivity contribution in [2.75, 3.05) is 0 Å². The highest BCUT2D eigenvalue weighted by Crippen LogP contribution is 2.36. The van der Waals surface area contributed by atoms with E-state index >= 15 is 0 Å². The highest BCUT2D eigenvalue weighted by molar-refractivity contribution is 6.51. The molecule has 2 N–H and O–H groups in total. The number of benzene rings is 1. The summed E-state index contributed by atoms with van der Waals surface area (Å²) >= 11 is 17.4. The number of rotatable bonds is 1. The molecule has 2 rings (SSSR count). The van der Waals surface area contributed by atoms with Crippen LogP contribution in [0, 0.1) is 0 Å². The largest absolute Gasteiger partial charge is 0.394 e. The Morgan fingerprint density at radius 1 is 1.06 bits per heavy atom. The first-order valence-corrected chi connectivity index (χ1v) is 5.75. The number of halogens is 3. The van der Waals surface area contributed by atoms with Crippen molar-refractivity contribution < 1.29 is 9.59 Å². The first-order valence-electron chi connectivity index (χ1n) is 4.62. The average molecular weight is 291 g/mol. The minimum atomic E-state index is -1.08. The van der Waals surface area contributed by atoms with Gasteiger partial charge in [0.15, 0.2) is 11.6 Å². The number of carbonyl (C=O) groups is 2. The van der Waals surface area contributed by atoms with Crippen molar-refractivity contribution in [2.45, 2.75) is 5.92 Å². The van der Waals surface area contributed by atoms with Crippen LogP contribution in [0.5, 0.6) is 0 Å². The second-order valence-electron chi connectivity index (χ2n) is 3.56. The molecular formula is C11H6Cl3NO2. The van der Waals surface area contributed by atoms with Gasteiger partial charge in [-0.05, 0) is 23.8 Å². The Hall–Kier alpha value is -1.03. The highest BCUT2D eigenvalue weighted by atomic mass is 35.5. The Kier molecular flexibility index (Phi) is 3.17. The van der Waals surface area contributed by atoms with Crippen LogP contribution in [0.4, 0.5) is 0 Å². The Morgan fingerprint density at radius 2 is 1.71 bits per heavy atom. The van der Waals surface area contributed by atoms with Gasteiger partial charge in [-0.2, -0.15) is 0 Å². The first kappa shape index (κ1) is 12.4. The summed E-state index contributed by atoms with van der Waals surface area (Å²) < 4.78 is 0. The molecule has 0 heterocycles. The molecule has 6 heteroatoms. The molecule has 0 fully saturated rings. The maximum Gasteiger partial charge on any atom is 0.195 e. The third kappa shape index (κ3) is 1.95. The SMILES string of the molecule is NC1=C(Cl)C(=O)C(c2cc(Cl)ccc2Cl)C1=O. The minimum absolute atomic E-state index is 0.224. The number of nitrogens with two attached hydrogens (primary N) is 1. The number of hydrogen-bond donors (Lipinski definition) is 1. The van der Waals surface area contributed by atoms with Crippen LogP contribution in [0.25, 0.3) is 0 Å². The van der Waals surface area contributed by atoms with Crippen molar-refractivity contribution in [3.63, 3.8) is 0 Å². The third-order valence-electron chi connectivity index (χ3n) is 2.51. The predicted octanol–water partition coefficient (Wildman–Crippen LogP) is 2.64. The van der Waals surface area contributed by atoms with E-state index in [1.165, 1.54) is 12.1 Å². The molecule has 0 saturated carbocycles. The Morgan fingerprint density at radius 3 is 2.24 bits per heavy atom. The highest BCUT2D eigenvalue weighted by Gasteiger charge is 2.41. The van der Waals surface area contributed by atoms with Crippen molar-refractivity contribution in [2.24, 2.45) is 5.73 Å². The smallest absolute Gasteiger partial charge is 0.195 e. The van der Waals surface area contributed by atoms with Gasteiger partial charge in [-0.3, -0.25) is 9.59 Å². The van der Waals surface area contributed by atoms with Gasteiger partial charge >= 0.3 is 0 Å². The lowest BCUT2D eigenvalue weighted by Crippen LogP contribution is -2.17. The molecular weight excluding hydrogens is 284 g/mol. The van der Waals surface area contributed by atoms with Gasteiger partial charge in [0.2, 0.25) is 0 Å². The maximum atomic E-state index is 11.8. The van der Waals surface area contributed by atoms with Crippen LogP contribution < -0.4 is 5.73 Å². The molecule has 0 aromatic heterocycles. The molecule has 1 unspecified atom stereocenters. The average Bonchev–Trinajstić information content (AvgIpc) is 2.48. The Labute approximate surface area is 112 Å². The number of carbonyl (C=O) groups excluding carboxylic acids is 2. The summed E-state index contributed by atoms with van der Waals surface area (Å²) in [6.45, 7) is 0. The van der Waals surface area contributed by atoms with Gasteiger partial charge in [0.1, 0.15) is 11.0 Å². The molecule has 0 spiro atoms. The van der Waals surface area contributed by atoms with Crippen LogP contribution in [-0.2, 0) is 9.59 Å². The molecule has 0 saturated heterocycles. The molecule has 1 aliphatic carbocycles. The van der Waals surface area contributed by atoms with Crippen LogP contribution in [0.15, 0.2) is 28.9 Å². The first-order chi connectivity index (χ1) is 7.93. The van der Waals surface area contributed by atoms with Crippen LogP contribution in [0.3, 0.4) is 0 Å². The normalized spacial score (nSPS) is 20.3. The molecule has 1 aromatic carbocycles. The van der Waals surface area contributed by atoms with E-state index in [0.717, 1.165) is 0 Å². The van der Waals surface area contributed by atoms with Gasteiger partial charge < -0.3 is 5.73 Å². The van der Waals surface area contributed by atoms with Crippen molar-refractivity contribution in [3.05, 3.63) is 44.5 Å². The fourth-order valence-electron chi connectivity index (χ4n) is 1.66. The van der Waals surface area contributed by atoms with Crippen molar-refractivity contribution in [3.8, 4) is 0 Å². The minimum Gasteiger partial charge on any atom is -0.394 e. The molecule has 0 radical (unpaired) electrons. The zero-order valence-corrected chi connectivity index (χ0v) is 10.6. The summed E-state index contributed by atoms with van der Waals surface area (Å²) in [5, 5.41) is 0.419. The molecule has 0 amide bonds. The van der Waals surface area contributed by atoms with E-state index in [1.807, 2.05) is 0 Å². The van der Waals surface area contributed by atoms with Gasteiger partial charge in [0.05, 0.1) is 5.70 Å². The van der Waals surface area contributed by atoms with E-state index in [9.17, 15) is 9.59 Å². The van der Waals surface area contributed by atoms with E-state index in [4.69, 9.17) is 40.5 Å². The summed E-state index contributed by atoms with van der Waals surface area (Å²) in [6, 6.07) is 4.55. The number of Topliss-reactive ketones (excluding diaryl/α,β-unsaturated/α-hetero) is 2. The second kappa shape index (κ2) is 4.33. The van der Waals surface area contributed by atoms with Crippen molar-refractivity contribution >= 4 is 46.4 Å². The van der Waals surface area contributed by atoms with Gasteiger partial charge in [-0.1, -0.05) is 34.8 Å². The summed E-state index contributed by atoms with van der Waals surface area (Å²) in [6.07, 6.45) is 0. The predicted molar refractivity (Wildman–Crippen MR) is 66.3 cm³/mol. The molecule has 1 aliphatic rings. The van der Waals surface area contributed by atoms with Crippen LogP contribution >= 0.6 is 34.8 Å². The molecule has 3 nitrogen and oxygen atoms in total. The maximum absolute atomic E-state index is 11.8. The summed E-state index contributed by atoms with van der Waals surface area (Å²) in [7, 11) is 0. The lowest BCUT2D eigenvalue weighted by Gasteiger charge is -2.10. The number of ketones is 2. The van der Waals surface area contributed by atoms with E-state index in [0.29, 0.717) is 10.6 Å². The van der Waals surface area contributed by atoms with Crippen molar-refractivity contribution in [1.29, 1.82) is 0 Å². The summed E-state index contributed by atoms with van der Waals surface area (Å²) in [5.74, 6) is -2.16. The second-order valence-corrected chi connectivity index (χ2v) is 4.78. The number of allylic oxidation sites excluding steroid dienone is 2. The van der Waals surface area contributed by atoms with Crippen LogP contribution in [0.1, 0.15) is 11.5 Å². The fraction of sp³-hybridized carbons (Fsp3) is 0.0909. The Bertz CT molecular complexity index is 542. The van der Waals surface area contributed by atoms with Gasteiger partial charge in [-0.25, -0.2) is 0 Å². The molecule has 17 heavy (non-hydrogen) atoms. The number of hydrogen-bond acceptors (Lipinski definition) is 3. The Balaban J connectivity index is 2.54. The van der Waals surface area contributed by atoms with E-state index in [1.54, 1.807) is 6.07 Å². The van der Waals surface area contributed by atoms with Crippen molar-refractivity contribution in [1.82, 2.24) is 0 Å². The summed E-state index contributed by atoms with van der Waals surface area (Å²) in [5.41, 5.74) is 5.53. The molecule has 0 bridgehead atoms. The third-order valence-corrected chi connectivity index (χ3v) is 3.48. The molecule has 1 atom stereocenters. The van der Waals surface area contributed by atoms with E-state index in [-0.39, 0.29) is 15.8 Å².